The monoisotopic (exact) mass is 346 g/mol. The molecule has 4 rings (SSSR count). The molecule has 2 aliphatic heterocycles. The van der Waals surface area contributed by atoms with Crippen LogP contribution in [0.2, 0.25) is 0 Å². The molecule has 5 heteroatoms. The van der Waals surface area contributed by atoms with Crippen molar-refractivity contribution in [3.05, 3.63) is 53.7 Å². The van der Waals surface area contributed by atoms with E-state index >= 15 is 0 Å². The second-order valence-corrected chi connectivity index (χ2v) is 7.27. The summed E-state index contributed by atoms with van der Waals surface area (Å²) in [4.78, 5) is 7.10. The molecule has 0 atom stereocenters. The normalized spacial score (nSPS) is 26.4. The van der Waals surface area contributed by atoms with Gasteiger partial charge in [0.05, 0.1) is 11.3 Å². The van der Waals surface area contributed by atoms with Crippen molar-refractivity contribution in [2.24, 2.45) is 0 Å². The van der Waals surface area contributed by atoms with Crippen LogP contribution >= 0.6 is 0 Å². The van der Waals surface area contributed by atoms with E-state index in [1.165, 1.54) is 56.5 Å². The van der Waals surface area contributed by atoms with Crippen molar-refractivity contribution in [3.8, 4) is 11.3 Å². The van der Waals surface area contributed by atoms with Crippen molar-refractivity contribution in [3.63, 3.8) is 0 Å². The second-order valence-electron chi connectivity index (χ2n) is 7.27. The highest BCUT2D eigenvalue weighted by molar-refractivity contribution is 5.59. The minimum absolute atomic E-state index is 0.210. The maximum Gasteiger partial charge on any atom is 0.416 e. The van der Waals surface area contributed by atoms with Crippen LogP contribution in [0.5, 0.6) is 0 Å². The Bertz CT molecular complexity index is 725. The lowest BCUT2D eigenvalue weighted by atomic mass is 9.69. The smallest absolute Gasteiger partial charge is 0.302 e. The number of hydrogen-bond acceptors (Lipinski definition) is 2. The van der Waals surface area contributed by atoms with Crippen LogP contribution in [-0.4, -0.2) is 29.5 Å². The highest BCUT2D eigenvalue weighted by atomic mass is 19.4. The molecule has 2 aliphatic rings. The van der Waals surface area contributed by atoms with Crippen LogP contribution in [-0.2, 0) is 11.6 Å². The Hall–Kier alpha value is -1.88. The first-order valence-corrected chi connectivity index (χ1v) is 8.83. The molecular formula is C20H21F3N2. The van der Waals surface area contributed by atoms with Crippen molar-refractivity contribution < 1.29 is 13.2 Å². The molecule has 1 aromatic heterocycles. The lowest BCUT2D eigenvalue weighted by molar-refractivity contribution is -0.137. The van der Waals surface area contributed by atoms with Gasteiger partial charge in [-0.2, -0.15) is 13.2 Å². The quantitative estimate of drug-likeness (QED) is 0.769. The predicted octanol–water partition coefficient (Wildman–Crippen LogP) is 4.89. The second kappa shape index (κ2) is 6.13. The first kappa shape index (κ1) is 16.6. The third-order valence-corrected chi connectivity index (χ3v) is 5.67. The van der Waals surface area contributed by atoms with Crippen molar-refractivity contribution >= 4 is 0 Å². The maximum absolute atomic E-state index is 12.7. The zero-order valence-corrected chi connectivity index (χ0v) is 14.0. The van der Waals surface area contributed by atoms with Gasteiger partial charge in [-0.05, 0) is 62.5 Å². The Morgan fingerprint density at radius 1 is 0.920 bits per heavy atom. The van der Waals surface area contributed by atoms with Crippen LogP contribution < -0.4 is 0 Å². The molecule has 0 saturated carbocycles. The number of alkyl halides is 3. The summed E-state index contributed by atoms with van der Waals surface area (Å²) in [5.41, 5.74) is 2.29. The predicted molar refractivity (Wildman–Crippen MR) is 91.3 cm³/mol. The van der Waals surface area contributed by atoms with Gasteiger partial charge in [0.25, 0.3) is 0 Å². The van der Waals surface area contributed by atoms with E-state index in [1.54, 1.807) is 0 Å². The Morgan fingerprint density at radius 2 is 1.60 bits per heavy atom. The maximum atomic E-state index is 12.7. The van der Waals surface area contributed by atoms with Crippen molar-refractivity contribution in [1.82, 2.24) is 9.88 Å². The Labute approximate surface area is 145 Å². The van der Waals surface area contributed by atoms with E-state index in [9.17, 15) is 13.2 Å². The molecule has 132 valence electrons. The van der Waals surface area contributed by atoms with Crippen LogP contribution in [0.3, 0.4) is 0 Å². The fraction of sp³-hybridized carbons (Fsp3) is 0.450. The average molecular weight is 346 g/mol. The van der Waals surface area contributed by atoms with Crippen molar-refractivity contribution in [2.45, 2.75) is 37.3 Å². The zero-order valence-electron chi connectivity index (χ0n) is 14.0. The van der Waals surface area contributed by atoms with Gasteiger partial charge in [0, 0.05) is 23.7 Å². The number of aromatic nitrogens is 1. The molecule has 2 nitrogen and oxygen atoms in total. The highest BCUT2D eigenvalue weighted by Crippen LogP contribution is 2.41. The van der Waals surface area contributed by atoms with Gasteiger partial charge in [-0.3, -0.25) is 4.98 Å². The van der Waals surface area contributed by atoms with Crippen LogP contribution in [0.1, 0.15) is 36.8 Å². The van der Waals surface area contributed by atoms with Crippen LogP contribution in [0.15, 0.2) is 42.6 Å². The molecule has 2 saturated heterocycles. The first-order valence-electron chi connectivity index (χ1n) is 8.83. The Kier molecular flexibility index (Phi) is 4.07. The lowest BCUT2D eigenvalue weighted by Gasteiger charge is -2.47. The number of nitrogens with zero attached hydrogens (tertiary/aromatic N) is 2. The molecule has 0 spiro atoms. The number of halogens is 3. The molecular weight excluding hydrogens is 325 g/mol. The topological polar surface area (TPSA) is 16.1 Å². The fourth-order valence-electron chi connectivity index (χ4n) is 4.35. The summed E-state index contributed by atoms with van der Waals surface area (Å²) >= 11 is 0. The molecule has 2 aromatic rings. The average Bonchev–Trinajstić information content (AvgIpc) is 2.61. The summed E-state index contributed by atoms with van der Waals surface area (Å²) in [7, 11) is 0. The van der Waals surface area contributed by atoms with E-state index in [0.29, 0.717) is 5.56 Å². The van der Waals surface area contributed by atoms with Crippen LogP contribution in [0.25, 0.3) is 11.3 Å². The van der Waals surface area contributed by atoms with Gasteiger partial charge >= 0.3 is 6.18 Å². The number of benzene rings is 1. The van der Waals surface area contributed by atoms with Crippen molar-refractivity contribution in [1.29, 1.82) is 0 Å². The summed E-state index contributed by atoms with van der Waals surface area (Å²) in [5, 5.41) is 0. The van der Waals surface area contributed by atoms with E-state index in [1.807, 2.05) is 12.3 Å². The number of hydrogen-bond donors (Lipinski definition) is 0. The molecule has 0 amide bonds. The summed E-state index contributed by atoms with van der Waals surface area (Å²) in [5.74, 6) is 0. The van der Waals surface area contributed by atoms with Gasteiger partial charge < -0.3 is 4.90 Å². The van der Waals surface area contributed by atoms with E-state index in [2.05, 4.69) is 16.0 Å². The van der Waals surface area contributed by atoms with Crippen LogP contribution in [0.4, 0.5) is 13.2 Å². The third kappa shape index (κ3) is 3.17. The van der Waals surface area contributed by atoms with E-state index < -0.39 is 11.7 Å². The minimum atomic E-state index is -4.30. The summed E-state index contributed by atoms with van der Waals surface area (Å²) in [6, 6.07) is 9.28. The van der Waals surface area contributed by atoms with E-state index in [4.69, 9.17) is 0 Å². The number of pyridine rings is 1. The molecule has 25 heavy (non-hydrogen) atoms. The zero-order chi connectivity index (χ0) is 17.5. The molecule has 0 aliphatic carbocycles. The molecule has 0 N–H and O–H groups in total. The summed E-state index contributed by atoms with van der Waals surface area (Å²) < 4.78 is 38.0. The molecule has 1 aromatic carbocycles. The molecule has 2 bridgehead atoms. The van der Waals surface area contributed by atoms with E-state index in [0.717, 1.165) is 24.4 Å². The molecule has 0 radical (unpaired) electrons. The Balaban J connectivity index is 1.58. The van der Waals surface area contributed by atoms with E-state index in [-0.39, 0.29) is 5.41 Å². The highest BCUT2D eigenvalue weighted by Gasteiger charge is 2.39. The number of rotatable bonds is 2. The number of fused-ring (bicyclic) bond motifs is 2. The van der Waals surface area contributed by atoms with Crippen molar-refractivity contribution in [2.75, 3.05) is 19.6 Å². The third-order valence-electron chi connectivity index (χ3n) is 5.67. The molecule has 2 fully saturated rings. The minimum Gasteiger partial charge on any atom is -0.302 e. The van der Waals surface area contributed by atoms with Gasteiger partial charge in [0.2, 0.25) is 0 Å². The summed E-state index contributed by atoms with van der Waals surface area (Å²) in [6.07, 6.45) is 2.47. The SMILES string of the molecule is FC(F)(F)c1ccc(-c2ccc(C34CCCN(CCC3)C4)cn2)cc1. The van der Waals surface area contributed by atoms with Gasteiger partial charge in [-0.25, -0.2) is 0 Å². The van der Waals surface area contributed by atoms with Gasteiger partial charge in [-0.1, -0.05) is 18.2 Å². The summed E-state index contributed by atoms with van der Waals surface area (Å²) in [6.45, 7) is 3.49. The van der Waals surface area contributed by atoms with Gasteiger partial charge in [-0.15, -0.1) is 0 Å². The molecule has 0 unspecified atom stereocenters. The van der Waals surface area contributed by atoms with Crippen LogP contribution in [0, 0.1) is 0 Å². The fourth-order valence-corrected chi connectivity index (χ4v) is 4.35. The number of piperidine rings is 2. The van der Waals surface area contributed by atoms with Gasteiger partial charge in [0.1, 0.15) is 0 Å². The lowest BCUT2D eigenvalue weighted by Crippen LogP contribution is -2.50. The standard InChI is InChI=1S/C20H21F3N2/c21-20(22,23)16-5-3-15(4-6-16)18-8-7-17(13-24-18)19-9-1-11-25(14-19)12-2-10-19/h3-8,13H,1-2,9-12,14H2. The molecule has 3 heterocycles. The largest absolute Gasteiger partial charge is 0.416 e. The first-order chi connectivity index (χ1) is 12.0. The Morgan fingerprint density at radius 3 is 2.16 bits per heavy atom. The van der Waals surface area contributed by atoms with Gasteiger partial charge in [0.15, 0.2) is 0 Å².